The number of carbonyl (C=O) groups excluding carboxylic acids is 1. The summed E-state index contributed by atoms with van der Waals surface area (Å²) < 4.78 is 1.57. The van der Waals surface area contributed by atoms with Gasteiger partial charge in [-0.2, -0.15) is 4.98 Å². The molecule has 1 N–H and O–H groups in total. The van der Waals surface area contributed by atoms with Gasteiger partial charge in [0.15, 0.2) is 0 Å². The van der Waals surface area contributed by atoms with Crippen LogP contribution in [-0.2, 0) is 6.54 Å². The topological polar surface area (TPSA) is 75.4 Å². The van der Waals surface area contributed by atoms with Crippen molar-refractivity contribution >= 4 is 17.4 Å². The lowest BCUT2D eigenvalue weighted by Crippen LogP contribution is -2.32. The summed E-state index contributed by atoms with van der Waals surface area (Å²) in [6.45, 7) is 7.50. The first kappa shape index (κ1) is 17.6. The molecule has 0 aliphatic carbocycles. The first-order valence-corrected chi connectivity index (χ1v) is 9.39. The lowest BCUT2D eigenvalue weighted by Gasteiger charge is -2.30. The average Bonchev–Trinajstić information content (AvgIpc) is 3.11. The van der Waals surface area contributed by atoms with Gasteiger partial charge in [0.1, 0.15) is 0 Å². The van der Waals surface area contributed by atoms with Gasteiger partial charge in [0.05, 0.1) is 0 Å². The molecule has 3 heterocycles. The Labute approximate surface area is 158 Å². The Balaban J connectivity index is 1.40. The van der Waals surface area contributed by atoms with Crippen LogP contribution in [0, 0.1) is 12.8 Å². The van der Waals surface area contributed by atoms with Crippen molar-refractivity contribution in [3.8, 4) is 0 Å². The van der Waals surface area contributed by atoms with E-state index in [0.29, 0.717) is 5.78 Å². The van der Waals surface area contributed by atoms with E-state index in [1.807, 2.05) is 25.1 Å². The van der Waals surface area contributed by atoms with Crippen molar-refractivity contribution in [2.75, 3.05) is 18.4 Å². The van der Waals surface area contributed by atoms with Gasteiger partial charge in [0.2, 0.25) is 5.82 Å². The molecule has 1 saturated heterocycles. The molecule has 1 fully saturated rings. The molecule has 140 valence electrons. The van der Waals surface area contributed by atoms with E-state index in [-0.39, 0.29) is 11.7 Å². The maximum atomic E-state index is 12.4. The molecular formula is C20H24N6O. The van der Waals surface area contributed by atoms with E-state index in [1.165, 1.54) is 18.4 Å². The molecule has 0 unspecified atom stereocenters. The molecule has 7 nitrogen and oxygen atoms in total. The summed E-state index contributed by atoms with van der Waals surface area (Å²) in [4.78, 5) is 23.3. The molecule has 0 spiro atoms. The average molecular weight is 364 g/mol. The third-order valence-corrected chi connectivity index (χ3v) is 5.13. The van der Waals surface area contributed by atoms with E-state index < -0.39 is 0 Å². The van der Waals surface area contributed by atoms with E-state index in [9.17, 15) is 4.79 Å². The van der Waals surface area contributed by atoms with Crippen LogP contribution in [0.5, 0.6) is 0 Å². The van der Waals surface area contributed by atoms with Crippen LogP contribution < -0.4 is 5.32 Å². The molecule has 7 heteroatoms. The summed E-state index contributed by atoms with van der Waals surface area (Å²) in [7, 11) is 0. The molecular weight excluding hydrogens is 340 g/mol. The highest BCUT2D eigenvalue weighted by Crippen LogP contribution is 2.19. The van der Waals surface area contributed by atoms with E-state index >= 15 is 0 Å². The van der Waals surface area contributed by atoms with E-state index in [4.69, 9.17) is 0 Å². The van der Waals surface area contributed by atoms with Crippen molar-refractivity contribution in [1.82, 2.24) is 24.5 Å². The molecule has 0 saturated carbocycles. The maximum absolute atomic E-state index is 12.4. The summed E-state index contributed by atoms with van der Waals surface area (Å²) in [5.41, 5.74) is 2.87. The number of aryl methyl sites for hydroxylation is 1. The largest absolute Gasteiger partial charge is 0.319 e. The zero-order chi connectivity index (χ0) is 18.8. The van der Waals surface area contributed by atoms with Crippen molar-refractivity contribution in [1.29, 1.82) is 0 Å². The third kappa shape index (κ3) is 3.98. The zero-order valence-electron chi connectivity index (χ0n) is 15.7. The number of benzene rings is 1. The molecule has 27 heavy (non-hydrogen) atoms. The molecule has 1 aliphatic heterocycles. The minimum absolute atomic E-state index is 0.114. The summed E-state index contributed by atoms with van der Waals surface area (Å²) in [6.07, 6.45) is 4.20. The van der Waals surface area contributed by atoms with Gasteiger partial charge in [-0.15, -0.1) is 5.10 Å². The van der Waals surface area contributed by atoms with E-state index in [0.717, 1.165) is 36.9 Å². The zero-order valence-corrected chi connectivity index (χ0v) is 15.7. The number of likely N-dealkylation sites (tertiary alicyclic amines) is 1. The lowest BCUT2D eigenvalue weighted by atomic mass is 9.99. The second-order valence-corrected chi connectivity index (χ2v) is 7.34. The minimum atomic E-state index is -0.335. The van der Waals surface area contributed by atoms with Gasteiger partial charge >= 0.3 is 0 Å². The smallest absolute Gasteiger partial charge is 0.295 e. The predicted molar refractivity (Wildman–Crippen MR) is 104 cm³/mol. The van der Waals surface area contributed by atoms with Gasteiger partial charge in [-0.05, 0) is 62.5 Å². The fourth-order valence-corrected chi connectivity index (χ4v) is 3.36. The monoisotopic (exact) mass is 364 g/mol. The highest BCUT2D eigenvalue weighted by atomic mass is 16.2. The number of rotatable bonds is 4. The van der Waals surface area contributed by atoms with Crippen LogP contribution in [-0.4, -0.2) is 43.5 Å². The SMILES string of the molecule is Cc1ccnc2nc(C(=O)Nc3ccc(CN4CCC(C)CC4)cc3)nn12. The fourth-order valence-electron chi connectivity index (χ4n) is 3.36. The summed E-state index contributed by atoms with van der Waals surface area (Å²) in [5, 5.41) is 7.09. The standard InChI is InChI=1S/C20H24N6O/c1-14-8-11-25(12-9-14)13-16-3-5-17(6-4-16)22-19(27)18-23-20-21-10-7-15(2)26(20)24-18/h3-7,10,14H,8-9,11-13H2,1-2H3,(H,22,27). The van der Waals surface area contributed by atoms with Crippen molar-refractivity contribution in [3.63, 3.8) is 0 Å². The van der Waals surface area contributed by atoms with E-state index in [2.05, 4.69) is 44.3 Å². The molecule has 1 aliphatic rings. The number of aromatic nitrogens is 4. The van der Waals surface area contributed by atoms with Crippen LogP contribution in [0.1, 0.15) is 41.6 Å². The van der Waals surface area contributed by atoms with Crippen LogP contribution in [0.3, 0.4) is 0 Å². The van der Waals surface area contributed by atoms with Crippen LogP contribution in [0.4, 0.5) is 5.69 Å². The predicted octanol–water partition coefficient (Wildman–Crippen LogP) is 2.92. The second kappa shape index (κ2) is 7.44. The van der Waals surface area contributed by atoms with Crippen molar-refractivity contribution in [2.24, 2.45) is 5.92 Å². The van der Waals surface area contributed by atoms with Crippen molar-refractivity contribution < 1.29 is 4.79 Å². The molecule has 3 aromatic rings. The van der Waals surface area contributed by atoms with Gasteiger partial charge in [0, 0.05) is 24.1 Å². The second-order valence-electron chi connectivity index (χ2n) is 7.34. The number of anilines is 1. The quantitative estimate of drug-likeness (QED) is 0.770. The highest BCUT2D eigenvalue weighted by molar-refractivity contribution is 6.01. The molecule has 0 radical (unpaired) electrons. The first-order chi connectivity index (χ1) is 13.1. The Hall–Kier alpha value is -2.80. The molecule has 0 atom stereocenters. The van der Waals surface area contributed by atoms with Gasteiger partial charge in [-0.1, -0.05) is 19.1 Å². The Bertz CT molecular complexity index is 941. The normalized spacial score (nSPS) is 15.9. The van der Waals surface area contributed by atoms with Gasteiger partial charge in [-0.3, -0.25) is 9.69 Å². The number of nitrogens with one attached hydrogen (secondary N) is 1. The Kier molecular flexibility index (Phi) is 4.85. The highest BCUT2D eigenvalue weighted by Gasteiger charge is 2.16. The first-order valence-electron chi connectivity index (χ1n) is 9.39. The maximum Gasteiger partial charge on any atom is 0.295 e. The lowest BCUT2D eigenvalue weighted by molar-refractivity contribution is 0.101. The van der Waals surface area contributed by atoms with E-state index in [1.54, 1.807) is 10.7 Å². The van der Waals surface area contributed by atoms with Gasteiger partial charge in [-0.25, -0.2) is 9.50 Å². The number of carbonyl (C=O) groups is 1. The Morgan fingerprint density at radius 3 is 2.63 bits per heavy atom. The number of amides is 1. The number of fused-ring (bicyclic) bond motifs is 1. The van der Waals surface area contributed by atoms with Crippen molar-refractivity contribution in [2.45, 2.75) is 33.2 Å². The molecule has 2 aromatic heterocycles. The van der Waals surface area contributed by atoms with Gasteiger partial charge in [0.25, 0.3) is 11.7 Å². The third-order valence-electron chi connectivity index (χ3n) is 5.13. The fraction of sp³-hybridized carbons (Fsp3) is 0.400. The number of nitrogens with zero attached hydrogens (tertiary/aromatic N) is 5. The summed E-state index contributed by atoms with van der Waals surface area (Å²) in [6, 6.07) is 9.82. The minimum Gasteiger partial charge on any atom is -0.319 e. The van der Waals surface area contributed by atoms with Crippen molar-refractivity contribution in [3.05, 3.63) is 53.6 Å². The Morgan fingerprint density at radius 2 is 1.93 bits per heavy atom. The van der Waals surface area contributed by atoms with Crippen LogP contribution in [0.2, 0.25) is 0 Å². The van der Waals surface area contributed by atoms with Crippen LogP contribution in [0.15, 0.2) is 36.5 Å². The van der Waals surface area contributed by atoms with Crippen LogP contribution in [0.25, 0.3) is 5.78 Å². The molecule has 0 bridgehead atoms. The van der Waals surface area contributed by atoms with Crippen LogP contribution >= 0.6 is 0 Å². The number of hydrogen-bond donors (Lipinski definition) is 1. The molecule has 1 amide bonds. The molecule has 4 rings (SSSR count). The molecule has 1 aromatic carbocycles. The summed E-state index contributed by atoms with van der Waals surface area (Å²) in [5.74, 6) is 1.04. The number of hydrogen-bond acceptors (Lipinski definition) is 5. The Morgan fingerprint density at radius 1 is 1.19 bits per heavy atom. The van der Waals surface area contributed by atoms with Gasteiger partial charge < -0.3 is 5.32 Å². The summed E-state index contributed by atoms with van der Waals surface area (Å²) >= 11 is 0. The number of piperidine rings is 1.